The van der Waals surface area contributed by atoms with Gasteiger partial charge in [-0.1, -0.05) is 12.1 Å². The Morgan fingerprint density at radius 1 is 1.27 bits per heavy atom. The van der Waals surface area contributed by atoms with E-state index in [2.05, 4.69) is 27.0 Å². The molecule has 4 rings (SSSR count). The Labute approximate surface area is 150 Å². The zero-order chi connectivity index (χ0) is 17.9. The number of pyridine rings is 1. The second kappa shape index (κ2) is 7.07. The van der Waals surface area contributed by atoms with Crippen molar-refractivity contribution in [1.82, 2.24) is 29.6 Å². The first-order valence-electron chi connectivity index (χ1n) is 8.87. The van der Waals surface area contributed by atoms with Gasteiger partial charge in [0.05, 0.1) is 0 Å². The van der Waals surface area contributed by atoms with Gasteiger partial charge in [-0.2, -0.15) is 4.98 Å². The Bertz CT molecular complexity index is 910. The summed E-state index contributed by atoms with van der Waals surface area (Å²) in [6.45, 7) is 3.67. The molecule has 8 nitrogen and oxygen atoms in total. The average Bonchev–Trinajstić information content (AvgIpc) is 3.42. The number of aromatic nitrogens is 5. The number of hydrogen-bond donors (Lipinski definition) is 0. The first kappa shape index (κ1) is 16.4. The number of likely N-dealkylation sites (tertiary alicyclic amines) is 1. The number of carbonyl (C=O) groups is 1. The standard InChI is InChI=1S/C18H20N6O2/c1-2-5-15-21-17(26-22-15)13-6-7-19-16(10-13)24-11-14(20-12-24)18(25)23-8-3-4-9-23/h6-7,10-12H,2-5,8-9H2,1H3. The minimum absolute atomic E-state index is 0.0292. The minimum atomic E-state index is -0.0292. The third kappa shape index (κ3) is 3.22. The van der Waals surface area contributed by atoms with Crippen molar-refractivity contribution < 1.29 is 9.32 Å². The van der Waals surface area contributed by atoms with Gasteiger partial charge in [-0.3, -0.25) is 9.36 Å². The lowest BCUT2D eigenvalue weighted by atomic mass is 10.2. The fraction of sp³-hybridized carbons (Fsp3) is 0.389. The summed E-state index contributed by atoms with van der Waals surface area (Å²) in [6.07, 6.45) is 8.85. The van der Waals surface area contributed by atoms with Gasteiger partial charge in [0.25, 0.3) is 11.8 Å². The first-order valence-corrected chi connectivity index (χ1v) is 8.87. The van der Waals surface area contributed by atoms with Crippen LogP contribution in [0, 0.1) is 0 Å². The van der Waals surface area contributed by atoms with E-state index in [0.717, 1.165) is 44.3 Å². The molecule has 0 bridgehead atoms. The topological polar surface area (TPSA) is 89.9 Å². The number of aryl methyl sites for hydroxylation is 1. The molecule has 3 aromatic heterocycles. The average molecular weight is 352 g/mol. The van der Waals surface area contributed by atoms with Crippen molar-refractivity contribution in [3.63, 3.8) is 0 Å². The fourth-order valence-electron chi connectivity index (χ4n) is 3.03. The molecule has 0 spiro atoms. The van der Waals surface area contributed by atoms with Gasteiger partial charge in [0.1, 0.15) is 17.8 Å². The van der Waals surface area contributed by atoms with Gasteiger partial charge in [0, 0.05) is 37.5 Å². The van der Waals surface area contributed by atoms with Gasteiger partial charge in [-0.15, -0.1) is 0 Å². The Hall–Kier alpha value is -3.03. The van der Waals surface area contributed by atoms with Crippen LogP contribution in [0.1, 0.15) is 42.5 Å². The van der Waals surface area contributed by atoms with Crippen molar-refractivity contribution in [1.29, 1.82) is 0 Å². The molecular weight excluding hydrogens is 332 g/mol. The lowest BCUT2D eigenvalue weighted by Crippen LogP contribution is -2.27. The van der Waals surface area contributed by atoms with Gasteiger partial charge in [0.15, 0.2) is 5.82 Å². The summed E-state index contributed by atoms with van der Waals surface area (Å²) < 4.78 is 7.06. The zero-order valence-electron chi connectivity index (χ0n) is 14.6. The van der Waals surface area contributed by atoms with E-state index in [0.29, 0.717) is 23.2 Å². The summed E-state index contributed by atoms with van der Waals surface area (Å²) >= 11 is 0. The maximum atomic E-state index is 12.4. The highest BCUT2D eigenvalue weighted by molar-refractivity contribution is 5.92. The largest absolute Gasteiger partial charge is 0.337 e. The molecule has 1 aliphatic rings. The molecule has 8 heteroatoms. The summed E-state index contributed by atoms with van der Waals surface area (Å²) in [5, 5.41) is 3.98. The highest BCUT2D eigenvalue weighted by Gasteiger charge is 2.21. The van der Waals surface area contributed by atoms with Crippen LogP contribution in [0.5, 0.6) is 0 Å². The van der Waals surface area contributed by atoms with Crippen LogP contribution in [-0.2, 0) is 6.42 Å². The van der Waals surface area contributed by atoms with Crippen molar-refractivity contribution >= 4 is 5.91 Å². The number of hydrogen-bond acceptors (Lipinski definition) is 6. The van der Waals surface area contributed by atoms with Crippen molar-refractivity contribution in [3.8, 4) is 17.3 Å². The number of imidazole rings is 1. The van der Waals surface area contributed by atoms with Gasteiger partial charge in [0.2, 0.25) is 0 Å². The smallest absolute Gasteiger partial charge is 0.274 e. The summed E-state index contributed by atoms with van der Waals surface area (Å²) in [5.74, 6) is 1.77. The quantitative estimate of drug-likeness (QED) is 0.701. The van der Waals surface area contributed by atoms with Crippen molar-refractivity contribution in [2.45, 2.75) is 32.6 Å². The van der Waals surface area contributed by atoms with Crippen molar-refractivity contribution in [2.75, 3.05) is 13.1 Å². The molecule has 1 fully saturated rings. The fourth-order valence-corrected chi connectivity index (χ4v) is 3.03. The molecule has 0 atom stereocenters. The number of amides is 1. The first-order chi connectivity index (χ1) is 12.7. The highest BCUT2D eigenvalue weighted by atomic mass is 16.5. The Morgan fingerprint density at radius 2 is 2.12 bits per heavy atom. The van der Waals surface area contributed by atoms with Crippen LogP contribution in [0.25, 0.3) is 17.3 Å². The predicted molar refractivity (Wildman–Crippen MR) is 93.8 cm³/mol. The highest BCUT2D eigenvalue weighted by Crippen LogP contribution is 2.20. The molecule has 1 saturated heterocycles. The molecule has 4 heterocycles. The summed E-state index contributed by atoms with van der Waals surface area (Å²) in [4.78, 5) is 27.3. The maximum absolute atomic E-state index is 12.4. The van der Waals surface area contributed by atoms with E-state index in [4.69, 9.17) is 4.52 Å². The van der Waals surface area contributed by atoms with Gasteiger partial charge in [-0.25, -0.2) is 9.97 Å². The Morgan fingerprint density at radius 3 is 2.92 bits per heavy atom. The number of carbonyl (C=O) groups excluding carboxylic acids is 1. The molecule has 0 saturated carbocycles. The van der Waals surface area contributed by atoms with E-state index in [1.165, 1.54) is 0 Å². The van der Waals surface area contributed by atoms with Crippen molar-refractivity contribution in [3.05, 3.63) is 42.4 Å². The molecule has 0 radical (unpaired) electrons. The van der Waals surface area contributed by atoms with E-state index in [-0.39, 0.29) is 5.91 Å². The van der Waals surface area contributed by atoms with Crippen LogP contribution < -0.4 is 0 Å². The van der Waals surface area contributed by atoms with Crippen LogP contribution in [0.3, 0.4) is 0 Å². The van der Waals surface area contributed by atoms with Gasteiger partial charge in [-0.05, 0) is 31.4 Å². The molecule has 1 aliphatic heterocycles. The predicted octanol–water partition coefficient (Wildman–Crippen LogP) is 2.51. The summed E-state index contributed by atoms with van der Waals surface area (Å²) in [6, 6.07) is 3.66. The third-order valence-corrected chi connectivity index (χ3v) is 4.39. The van der Waals surface area contributed by atoms with Crippen LogP contribution in [0.4, 0.5) is 0 Å². The summed E-state index contributed by atoms with van der Waals surface area (Å²) in [7, 11) is 0. The molecule has 1 amide bonds. The van der Waals surface area contributed by atoms with Crippen LogP contribution >= 0.6 is 0 Å². The second-order valence-corrected chi connectivity index (χ2v) is 6.33. The minimum Gasteiger partial charge on any atom is -0.337 e. The van der Waals surface area contributed by atoms with E-state index < -0.39 is 0 Å². The number of rotatable bonds is 5. The lowest BCUT2D eigenvalue weighted by molar-refractivity contribution is 0.0787. The number of nitrogens with zero attached hydrogens (tertiary/aromatic N) is 6. The third-order valence-electron chi connectivity index (χ3n) is 4.39. The lowest BCUT2D eigenvalue weighted by Gasteiger charge is -2.12. The van der Waals surface area contributed by atoms with Crippen LogP contribution in [-0.4, -0.2) is 48.6 Å². The van der Waals surface area contributed by atoms with E-state index in [1.54, 1.807) is 23.3 Å². The summed E-state index contributed by atoms with van der Waals surface area (Å²) in [5.41, 5.74) is 1.22. The normalized spacial score (nSPS) is 14.1. The van der Waals surface area contributed by atoms with Crippen molar-refractivity contribution in [2.24, 2.45) is 0 Å². The Kier molecular flexibility index (Phi) is 4.47. The Balaban J connectivity index is 1.57. The monoisotopic (exact) mass is 352 g/mol. The van der Waals surface area contributed by atoms with Gasteiger partial charge < -0.3 is 9.42 Å². The van der Waals surface area contributed by atoms with E-state index >= 15 is 0 Å². The molecule has 134 valence electrons. The SMILES string of the molecule is CCCc1noc(-c2ccnc(-n3cnc(C(=O)N4CCCC4)c3)c2)n1. The molecule has 0 aliphatic carbocycles. The van der Waals surface area contributed by atoms with Crippen LogP contribution in [0.15, 0.2) is 35.4 Å². The van der Waals surface area contributed by atoms with E-state index in [9.17, 15) is 4.79 Å². The molecule has 3 aromatic rings. The molecule has 26 heavy (non-hydrogen) atoms. The van der Waals surface area contributed by atoms with Crippen LogP contribution in [0.2, 0.25) is 0 Å². The molecule has 0 aromatic carbocycles. The molecule has 0 N–H and O–H groups in total. The van der Waals surface area contributed by atoms with Gasteiger partial charge >= 0.3 is 0 Å². The maximum Gasteiger partial charge on any atom is 0.274 e. The zero-order valence-corrected chi connectivity index (χ0v) is 14.6. The second-order valence-electron chi connectivity index (χ2n) is 6.33. The molecular formula is C18H20N6O2. The molecule has 0 unspecified atom stereocenters. The van der Waals surface area contributed by atoms with E-state index in [1.807, 2.05) is 17.0 Å².